The fourth-order valence-electron chi connectivity index (χ4n) is 3.46. The molecule has 208 valence electrons. The van der Waals surface area contributed by atoms with Gasteiger partial charge in [-0.25, -0.2) is 0 Å². The van der Waals surface area contributed by atoms with Crippen molar-refractivity contribution >= 4 is 47.1 Å². The van der Waals surface area contributed by atoms with E-state index >= 15 is 0 Å². The van der Waals surface area contributed by atoms with Crippen LogP contribution in [0.5, 0.6) is 11.5 Å². The molecule has 3 aromatic carbocycles. The Morgan fingerprint density at radius 2 is 1.62 bits per heavy atom. The van der Waals surface area contributed by atoms with Crippen molar-refractivity contribution in [2.75, 3.05) is 31.9 Å². The van der Waals surface area contributed by atoms with Gasteiger partial charge in [0.05, 0.1) is 26.6 Å². The number of nitrogens with one attached hydrogen (secondary N) is 2. The predicted octanol–water partition coefficient (Wildman–Crippen LogP) is 4.73. The highest BCUT2D eigenvalue weighted by molar-refractivity contribution is 8.00. The number of methoxy groups -OCH3 is 2. The maximum absolute atomic E-state index is 13.3. The number of hydrogen-bond acceptors (Lipinski definition) is 8. The maximum atomic E-state index is 13.3. The Hall–Kier alpha value is -4.57. The van der Waals surface area contributed by atoms with Crippen molar-refractivity contribution in [2.45, 2.75) is 18.2 Å². The van der Waals surface area contributed by atoms with Gasteiger partial charge in [-0.15, -0.1) is 11.8 Å². The topological polar surface area (TPSA) is 120 Å². The number of ketones is 1. The third-order valence-electron chi connectivity index (χ3n) is 5.43. The van der Waals surface area contributed by atoms with Gasteiger partial charge in [0, 0.05) is 27.8 Å². The molecule has 0 aliphatic rings. The number of rotatable bonds is 13. The minimum atomic E-state index is -0.549. The molecule has 10 heteroatoms. The zero-order valence-corrected chi connectivity index (χ0v) is 23.2. The number of hydrogen-bond donors (Lipinski definition) is 2. The van der Waals surface area contributed by atoms with Crippen LogP contribution in [0, 0.1) is 0 Å². The van der Waals surface area contributed by atoms with E-state index in [1.807, 2.05) is 0 Å². The quantitative estimate of drug-likeness (QED) is 0.133. The summed E-state index contributed by atoms with van der Waals surface area (Å²) in [5.74, 6) is -0.625. The molecule has 0 aromatic heterocycles. The first-order valence-corrected chi connectivity index (χ1v) is 13.3. The highest BCUT2D eigenvalue weighted by Crippen LogP contribution is 2.27. The molecule has 2 N–H and O–H groups in total. The van der Waals surface area contributed by atoms with Crippen LogP contribution < -0.4 is 20.1 Å². The van der Waals surface area contributed by atoms with E-state index in [1.54, 1.807) is 79.7 Å². The molecule has 2 amide bonds. The molecular formula is C30H30N2O7S. The van der Waals surface area contributed by atoms with Crippen LogP contribution in [0.4, 0.5) is 5.69 Å². The van der Waals surface area contributed by atoms with Gasteiger partial charge >= 0.3 is 5.97 Å². The van der Waals surface area contributed by atoms with Crippen molar-refractivity contribution in [3.63, 3.8) is 0 Å². The molecule has 0 aliphatic carbocycles. The van der Waals surface area contributed by atoms with Crippen LogP contribution in [0.3, 0.4) is 0 Å². The zero-order chi connectivity index (χ0) is 28.9. The lowest BCUT2D eigenvalue weighted by atomic mass is 10.1. The number of carbonyl (C=O) groups excluding carboxylic acids is 4. The number of thioether (sulfide) groups is 1. The summed E-state index contributed by atoms with van der Waals surface area (Å²) >= 11 is 1.27. The second-order valence-corrected chi connectivity index (χ2v) is 9.32. The standard InChI is InChI=1S/C30H30N2O7S/c1-4-39-28(34)17-23(33)19-40-25-14-11-22(12-15-25)31-30(36)26(32-29(35)20-8-6-5-7-9-20)16-21-10-13-24(37-2)18-27(21)38-3/h5-16,18H,4,17,19H2,1-3H3,(H,31,36)(H,32,35)/b26-16-. The lowest BCUT2D eigenvalue weighted by molar-refractivity contribution is -0.145. The van der Waals surface area contributed by atoms with Gasteiger partial charge in [-0.2, -0.15) is 0 Å². The summed E-state index contributed by atoms with van der Waals surface area (Å²) in [6.45, 7) is 1.91. The summed E-state index contributed by atoms with van der Waals surface area (Å²) in [5.41, 5.74) is 1.43. The monoisotopic (exact) mass is 562 g/mol. The molecule has 0 heterocycles. The number of ether oxygens (including phenoxy) is 3. The van der Waals surface area contributed by atoms with Crippen LogP contribution in [0.2, 0.25) is 0 Å². The Balaban J connectivity index is 1.75. The normalized spacial score (nSPS) is 10.8. The number of esters is 1. The minimum absolute atomic E-state index is 0.000309. The number of Topliss-reactive ketones (excluding diaryl/α,β-unsaturated/α-hetero) is 1. The number of carbonyl (C=O) groups is 4. The summed E-state index contributed by atoms with van der Waals surface area (Å²) in [7, 11) is 3.03. The molecule has 0 atom stereocenters. The molecule has 3 rings (SSSR count). The van der Waals surface area contributed by atoms with Gasteiger partial charge in [-0.1, -0.05) is 18.2 Å². The number of benzene rings is 3. The molecule has 0 bridgehead atoms. The summed E-state index contributed by atoms with van der Waals surface area (Å²) < 4.78 is 15.5. The average molecular weight is 563 g/mol. The van der Waals surface area contributed by atoms with Crippen molar-refractivity contribution < 1.29 is 33.4 Å². The van der Waals surface area contributed by atoms with E-state index in [-0.39, 0.29) is 30.3 Å². The van der Waals surface area contributed by atoms with E-state index in [1.165, 1.54) is 32.1 Å². The van der Waals surface area contributed by atoms with Crippen molar-refractivity contribution in [1.29, 1.82) is 0 Å². The van der Waals surface area contributed by atoms with Gasteiger partial charge in [0.2, 0.25) is 0 Å². The lowest BCUT2D eigenvalue weighted by Gasteiger charge is -2.13. The Kier molecular flexibility index (Phi) is 11.3. The zero-order valence-electron chi connectivity index (χ0n) is 22.4. The minimum Gasteiger partial charge on any atom is -0.497 e. The lowest BCUT2D eigenvalue weighted by Crippen LogP contribution is -2.30. The first kappa shape index (κ1) is 30.0. The fourth-order valence-corrected chi connectivity index (χ4v) is 4.21. The number of amides is 2. The van der Waals surface area contributed by atoms with Crippen molar-refractivity contribution in [2.24, 2.45) is 0 Å². The van der Waals surface area contributed by atoms with Gasteiger partial charge in [-0.05, 0) is 61.5 Å². The first-order chi connectivity index (χ1) is 19.3. The maximum Gasteiger partial charge on any atom is 0.313 e. The summed E-state index contributed by atoms with van der Waals surface area (Å²) in [4.78, 5) is 50.4. The second-order valence-electron chi connectivity index (χ2n) is 8.27. The van der Waals surface area contributed by atoms with Crippen LogP contribution in [-0.4, -0.2) is 50.1 Å². The van der Waals surface area contributed by atoms with Gasteiger partial charge in [0.15, 0.2) is 5.78 Å². The van der Waals surface area contributed by atoms with E-state index in [9.17, 15) is 19.2 Å². The first-order valence-electron chi connectivity index (χ1n) is 12.3. The SMILES string of the molecule is CCOC(=O)CC(=O)CSc1ccc(NC(=O)/C(=C/c2ccc(OC)cc2OC)NC(=O)c2ccccc2)cc1. The van der Waals surface area contributed by atoms with E-state index in [0.29, 0.717) is 28.3 Å². The third-order valence-corrected chi connectivity index (χ3v) is 6.50. The Morgan fingerprint density at radius 3 is 2.27 bits per heavy atom. The summed E-state index contributed by atoms with van der Waals surface area (Å²) in [5, 5.41) is 5.48. The highest BCUT2D eigenvalue weighted by atomic mass is 32.2. The van der Waals surface area contributed by atoms with Crippen molar-refractivity contribution in [3.05, 3.63) is 89.6 Å². The predicted molar refractivity (Wildman–Crippen MR) is 153 cm³/mol. The molecule has 0 spiro atoms. The van der Waals surface area contributed by atoms with E-state index in [4.69, 9.17) is 14.2 Å². The largest absolute Gasteiger partial charge is 0.497 e. The van der Waals surface area contributed by atoms with Gasteiger partial charge < -0.3 is 24.8 Å². The number of anilines is 1. The van der Waals surface area contributed by atoms with Crippen molar-refractivity contribution in [3.8, 4) is 11.5 Å². The molecule has 0 saturated carbocycles. The van der Waals surface area contributed by atoms with E-state index < -0.39 is 17.8 Å². The molecule has 3 aromatic rings. The van der Waals surface area contributed by atoms with Gasteiger partial charge in [0.25, 0.3) is 11.8 Å². The fraction of sp³-hybridized carbons (Fsp3) is 0.200. The Bertz CT molecular complexity index is 1370. The molecule has 9 nitrogen and oxygen atoms in total. The summed E-state index contributed by atoms with van der Waals surface area (Å²) in [6.07, 6.45) is 1.26. The average Bonchev–Trinajstić information content (AvgIpc) is 2.97. The molecule has 0 fully saturated rings. The van der Waals surface area contributed by atoms with Crippen LogP contribution in [0.1, 0.15) is 29.3 Å². The summed E-state index contributed by atoms with van der Waals surface area (Å²) in [6, 6.07) is 20.5. The van der Waals surface area contributed by atoms with Crippen LogP contribution >= 0.6 is 11.8 Å². The van der Waals surface area contributed by atoms with E-state index in [0.717, 1.165) is 4.90 Å². The van der Waals surface area contributed by atoms with Gasteiger partial charge in [0.1, 0.15) is 23.6 Å². The molecular weight excluding hydrogens is 532 g/mol. The molecule has 0 saturated heterocycles. The molecule has 0 aliphatic heterocycles. The Labute approximate surface area is 236 Å². The van der Waals surface area contributed by atoms with Crippen molar-refractivity contribution in [1.82, 2.24) is 5.32 Å². The second kappa shape index (κ2) is 15.1. The Morgan fingerprint density at radius 1 is 0.900 bits per heavy atom. The highest BCUT2D eigenvalue weighted by Gasteiger charge is 2.17. The smallest absolute Gasteiger partial charge is 0.313 e. The molecule has 0 radical (unpaired) electrons. The van der Waals surface area contributed by atoms with Crippen LogP contribution in [0.15, 0.2) is 83.4 Å². The molecule has 0 unspecified atom stereocenters. The van der Waals surface area contributed by atoms with Gasteiger partial charge in [-0.3, -0.25) is 19.2 Å². The third kappa shape index (κ3) is 9.02. The molecule has 40 heavy (non-hydrogen) atoms. The van der Waals surface area contributed by atoms with Crippen LogP contribution in [0.25, 0.3) is 6.08 Å². The van der Waals surface area contributed by atoms with E-state index in [2.05, 4.69) is 10.6 Å². The van der Waals surface area contributed by atoms with Crippen LogP contribution in [-0.2, 0) is 19.1 Å².